The summed E-state index contributed by atoms with van der Waals surface area (Å²) < 4.78 is 16.1. The van der Waals surface area contributed by atoms with Crippen LogP contribution in [0.5, 0.6) is 11.5 Å². The molecule has 7 nitrogen and oxygen atoms in total. The van der Waals surface area contributed by atoms with E-state index in [0.717, 1.165) is 11.1 Å². The molecule has 0 spiro atoms. The molecule has 0 aliphatic carbocycles. The normalized spacial score (nSPS) is 17.4. The molecule has 0 unspecified atom stereocenters. The Labute approximate surface area is 209 Å². The predicted molar refractivity (Wildman–Crippen MR) is 137 cm³/mol. The maximum Gasteiger partial charge on any atom is 0.365 e. The Hall–Kier alpha value is -4.65. The van der Waals surface area contributed by atoms with Crippen molar-refractivity contribution in [3.8, 4) is 11.5 Å². The summed E-state index contributed by atoms with van der Waals surface area (Å²) in [5.41, 5.74) is 2.49. The Morgan fingerprint density at radius 2 is 1.39 bits per heavy atom. The van der Waals surface area contributed by atoms with Crippen LogP contribution in [0.1, 0.15) is 22.6 Å². The molecule has 0 amide bonds. The third kappa shape index (κ3) is 5.52. The van der Waals surface area contributed by atoms with Gasteiger partial charge in [-0.1, -0.05) is 66.7 Å². The maximum atomic E-state index is 13.5. The molecule has 3 aromatic rings. The number of hydrogen-bond acceptors (Lipinski definition) is 6. The lowest BCUT2D eigenvalue weighted by Gasteiger charge is -2.14. The summed E-state index contributed by atoms with van der Waals surface area (Å²) in [7, 11) is 3.16. The van der Waals surface area contributed by atoms with Gasteiger partial charge in [-0.3, -0.25) is 14.9 Å². The van der Waals surface area contributed by atoms with Crippen molar-refractivity contribution in [2.24, 2.45) is 0 Å². The monoisotopic (exact) mass is 483 g/mol. The van der Waals surface area contributed by atoms with Crippen LogP contribution < -0.4 is 9.47 Å². The highest BCUT2D eigenvalue weighted by Gasteiger charge is 2.47. The summed E-state index contributed by atoms with van der Waals surface area (Å²) in [6, 6.07) is 23.4. The Bertz CT molecular complexity index is 1310. The van der Waals surface area contributed by atoms with Crippen molar-refractivity contribution in [2.75, 3.05) is 14.2 Å². The highest BCUT2D eigenvalue weighted by molar-refractivity contribution is 6.08. The van der Waals surface area contributed by atoms with Crippen LogP contribution in [0.3, 0.4) is 0 Å². The number of methoxy groups -OCH3 is 2. The van der Waals surface area contributed by atoms with Crippen LogP contribution >= 0.6 is 0 Å². The van der Waals surface area contributed by atoms with Gasteiger partial charge in [0, 0.05) is 0 Å². The lowest BCUT2D eigenvalue weighted by Crippen LogP contribution is -2.27. The van der Waals surface area contributed by atoms with Crippen molar-refractivity contribution in [2.45, 2.75) is 12.1 Å². The van der Waals surface area contributed by atoms with E-state index in [9.17, 15) is 14.9 Å². The molecule has 182 valence electrons. The van der Waals surface area contributed by atoms with Crippen LogP contribution in [0.2, 0.25) is 0 Å². The first-order valence-corrected chi connectivity index (χ1v) is 11.3. The molecule has 0 fully saturated rings. The largest absolute Gasteiger partial charge is 0.497 e. The van der Waals surface area contributed by atoms with Gasteiger partial charge in [0.25, 0.3) is 0 Å². The minimum atomic E-state index is -1.42. The Balaban J connectivity index is 1.73. The SMILES string of the molecule is COc1ccc(/C=C/C(=O)C2=C(/C=C/c3ccc(OC)cc3)O[C@H]([N+](=O)[O-])[C@H]2c2ccccc2)cc1. The van der Waals surface area contributed by atoms with Crippen LogP contribution in [0, 0.1) is 10.1 Å². The average Bonchev–Trinajstić information content (AvgIpc) is 3.31. The third-order valence-corrected chi connectivity index (χ3v) is 5.83. The van der Waals surface area contributed by atoms with Crippen LogP contribution in [0.25, 0.3) is 12.2 Å². The molecule has 1 aliphatic heterocycles. The summed E-state index contributed by atoms with van der Waals surface area (Å²) >= 11 is 0. The molecule has 36 heavy (non-hydrogen) atoms. The van der Waals surface area contributed by atoms with E-state index in [4.69, 9.17) is 14.2 Å². The molecule has 4 rings (SSSR count). The summed E-state index contributed by atoms with van der Waals surface area (Å²) in [6.45, 7) is 0. The fourth-order valence-electron chi connectivity index (χ4n) is 3.98. The van der Waals surface area contributed by atoms with E-state index in [1.54, 1.807) is 81.0 Å². The number of rotatable bonds is 9. The molecule has 7 heteroatoms. The molecular weight excluding hydrogens is 458 g/mol. The highest BCUT2D eigenvalue weighted by Crippen LogP contribution is 2.41. The van der Waals surface area contributed by atoms with Crippen molar-refractivity contribution in [1.29, 1.82) is 0 Å². The van der Waals surface area contributed by atoms with Crippen molar-refractivity contribution < 1.29 is 23.9 Å². The molecule has 0 bridgehead atoms. The zero-order valence-electron chi connectivity index (χ0n) is 19.9. The van der Waals surface area contributed by atoms with Crippen LogP contribution in [-0.2, 0) is 9.53 Å². The molecular formula is C29H25NO6. The number of hydrogen-bond donors (Lipinski definition) is 0. The van der Waals surface area contributed by atoms with Gasteiger partial charge in [0.1, 0.15) is 23.2 Å². The second kappa shape index (κ2) is 11.2. The maximum absolute atomic E-state index is 13.5. The van der Waals surface area contributed by atoms with Crippen molar-refractivity contribution >= 4 is 17.9 Å². The number of nitrogens with zero attached hydrogens (tertiary/aromatic N) is 1. The van der Waals surface area contributed by atoms with E-state index >= 15 is 0 Å². The first-order chi connectivity index (χ1) is 17.5. The molecule has 0 saturated heterocycles. The number of ether oxygens (including phenoxy) is 3. The molecule has 0 N–H and O–H groups in total. The smallest absolute Gasteiger partial charge is 0.365 e. The lowest BCUT2D eigenvalue weighted by atomic mass is 9.87. The minimum Gasteiger partial charge on any atom is -0.497 e. The van der Waals surface area contributed by atoms with E-state index in [2.05, 4.69) is 0 Å². The zero-order valence-corrected chi connectivity index (χ0v) is 19.9. The van der Waals surface area contributed by atoms with Gasteiger partial charge in [-0.05, 0) is 53.1 Å². The van der Waals surface area contributed by atoms with Gasteiger partial charge in [0.05, 0.1) is 24.7 Å². The summed E-state index contributed by atoms with van der Waals surface area (Å²) in [4.78, 5) is 24.9. The molecule has 1 aliphatic rings. The van der Waals surface area contributed by atoms with E-state index in [-0.39, 0.29) is 17.1 Å². The van der Waals surface area contributed by atoms with Crippen LogP contribution in [0.15, 0.2) is 102 Å². The van der Waals surface area contributed by atoms with E-state index in [0.29, 0.717) is 17.1 Å². The molecule has 2 atom stereocenters. The van der Waals surface area contributed by atoms with E-state index < -0.39 is 17.1 Å². The van der Waals surface area contributed by atoms with Gasteiger partial charge >= 0.3 is 6.23 Å². The first kappa shape index (κ1) is 24.5. The van der Waals surface area contributed by atoms with Crippen LogP contribution in [0.4, 0.5) is 0 Å². The molecule has 1 heterocycles. The highest BCUT2D eigenvalue weighted by atomic mass is 16.7. The number of allylic oxidation sites excluding steroid dienone is 2. The fourth-order valence-corrected chi connectivity index (χ4v) is 3.98. The van der Waals surface area contributed by atoms with Gasteiger partial charge in [-0.2, -0.15) is 0 Å². The second-order valence-electron chi connectivity index (χ2n) is 8.04. The Morgan fingerprint density at radius 3 is 1.92 bits per heavy atom. The average molecular weight is 484 g/mol. The van der Waals surface area contributed by atoms with Crippen molar-refractivity contribution in [1.82, 2.24) is 0 Å². The van der Waals surface area contributed by atoms with Gasteiger partial charge in [-0.15, -0.1) is 0 Å². The van der Waals surface area contributed by atoms with E-state index in [1.807, 2.05) is 30.3 Å². The standard InChI is InChI=1S/C29H25NO6/c1-34-23-14-8-20(9-15-23)12-18-25(31)28-26(19-13-21-10-16-24(35-2)17-11-21)36-29(30(32)33)27(28)22-6-4-3-5-7-22/h3-19,27,29H,1-2H3/b18-12+,19-13+/t27-,29-/m0/s1. The van der Waals surface area contributed by atoms with Gasteiger partial charge < -0.3 is 14.2 Å². The Kier molecular flexibility index (Phi) is 7.60. The summed E-state index contributed by atoms with van der Waals surface area (Å²) in [5.74, 6) is 0.365. The van der Waals surface area contributed by atoms with Gasteiger partial charge in [0.2, 0.25) is 0 Å². The number of benzene rings is 3. The lowest BCUT2D eigenvalue weighted by molar-refractivity contribution is -0.570. The number of carbonyl (C=O) groups is 1. The fraction of sp³-hybridized carbons (Fsp3) is 0.138. The number of ketones is 1. The second-order valence-corrected chi connectivity index (χ2v) is 8.04. The van der Waals surface area contributed by atoms with Crippen LogP contribution in [-0.4, -0.2) is 31.2 Å². The van der Waals surface area contributed by atoms with E-state index in [1.165, 1.54) is 6.08 Å². The van der Waals surface area contributed by atoms with Gasteiger partial charge in [-0.25, -0.2) is 0 Å². The van der Waals surface area contributed by atoms with Gasteiger partial charge in [0.15, 0.2) is 5.78 Å². The van der Waals surface area contributed by atoms with Crippen molar-refractivity contribution in [3.05, 3.63) is 129 Å². The summed E-state index contributed by atoms with van der Waals surface area (Å²) in [5, 5.41) is 12.0. The quantitative estimate of drug-likeness (QED) is 0.221. The topological polar surface area (TPSA) is 87.9 Å². The zero-order chi connectivity index (χ0) is 25.5. The van der Waals surface area contributed by atoms with Crippen molar-refractivity contribution in [3.63, 3.8) is 0 Å². The Morgan fingerprint density at radius 1 is 0.833 bits per heavy atom. The number of nitro groups is 1. The minimum absolute atomic E-state index is 0.172. The summed E-state index contributed by atoms with van der Waals surface area (Å²) in [6.07, 6.45) is 5.02. The molecule has 0 radical (unpaired) electrons. The predicted octanol–water partition coefficient (Wildman–Crippen LogP) is 5.67. The molecule has 0 aromatic heterocycles. The number of carbonyl (C=O) groups excluding carboxylic acids is 1. The molecule has 3 aromatic carbocycles. The molecule has 0 saturated carbocycles. The first-order valence-electron chi connectivity index (χ1n) is 11.3. The third-order valence-electron chi connectivity index (χ3n) is 5.83.